The monoisotopic (exact) mass is 276 g/mol. The van der Waals surface area contributed by atoms with E-state index in [1.807, 2.05) is 31.2 Å². The van der Waals surface area contributed by atoms with Crippen LogP contribution in [-0.4, -0.2) is 23.6 Å². The molecule has 1 aromatic rings. The lowest BCUT2D eigenvalue weighted by Gasteiger charge is -2.26. The molecular formula is C16H24N2O2. The summed E-state index contributed by atoms with van der Waals surface area (Å²) in [5.74, 6) is 0.0237. The largest absolute Gasteiger partial charge is 0.387 e. The lowest BCUT2D eigenvalue weighted by Crippen LogP contribution is -2.39. The van der Waals surface area contributed by atoms with Crippen molar-refractivity contribution in [1.82, 2.24) is 5.32 Å². The van der Waals surface area contributed by atoms with Gasteiger partial charge in [0.15, 0.2) is 0 Å². The maximum atomic E-state index is 12.1. The highest BCUT2D eigenvalue weighted by molar-refractivity contribution is 5.78. The van der Waals surface area contributed by atoms with Crippen molar-refractivity contribution in [2.75, 3.05) is 6.54 Å². The maximum absolute atomic E-state index is 12.1. The van der Waals surface area contributed by atoms with Gasteiger partial charge >= 0.3 is 0 Å². The van der Waals surface area contributed by atoms with E-state index in [2.05, 4.69) is 5.32 Å². The molecule has 110 valence electrons. The molecule has 4 heteroatoms. The Kier molecular flexibility index (Phi) is 5.15. The van der Waals surface area contributed by atoms with E-state index in [0.29, 0.717) is 0 Å². The molecule has 2 rings (SSSR count). The smallest absolute Gasteiger partial charge is 0.223 e. The third-order valence-electron chi connectivity index (χ3n) is 4.10. The number of nitrogens with one attached hydrogen (secondary N) is 1. The number of aliphatic hydroxyl groups is 1. The Morgan fingerprint density at radius 1 is 1.45 bits per heavy atom. The van der Waals surface area contributed by atoms with Crippen LogP contribution in [0.5, 0.6) is 0 Å². The van der Waals surface area contributed by atoms with Crippen molar-refractivity contribution in [3.8, 4) is 0 Å². The van der Waals surface area contributed by atoms with Crippen molar-refractivity contribution in [2.24, 2.45) is 11.7 Å². The molecule has 1 aliphatic rings. The van der Waals surface area contributed by atoms with E-state index in [1.54, 1.807) is 0 Å². The van der Waals surface area contributed by atoms with Gasteiger partial charge in [-0.2, -0.15) is 0 Å². The molecule has 0 unspecified atom stereocenters. The van der Waals surface area contributed by atoms with Crippen LogP contribution in [0.4, 0.5) is 0 Å². The first-order valence-corrected chi connectivity index (χ1v) is 7.35. The first-order chi connectivity index (χ1) is 9.58. The summed E-state index contributed by atoms with van der Waals surface area (Å²) in [6.07, 6.45) is 3.03. The normalized spacial score (nSPS) is 24.1. The summed E-state index contributed by atoms with van der Waals surface area (Å²) in [5, 5.41) is 13.0. The van der Waals surface area contributed by atoms with Crippen molar-refractivity contribution >= 4 is 5.91 Å². The number of amides is 1. The summed E-state index contributed by atoms with van der Waals surface area (Å²) in [4.78, 5) is 12.1. The Hall–Kier alpha value is -1.39. The van der Waals surface area contributed by atoms with Crippen molar-refractivity contribution in [2.45, 2.75) is 44.8 Å². The maximum Gasteiger partial charge on any atom is 0.223 e. The van der Waals surface area contributed by atoms with Gasteiger partial charge in [-0.3, -0.25) is 4.79 Å². The number of nitrogens with two attached hydrogens (primary N) is 1. The number of hydrogen-bond donors (Lipinski definition) is 3. The molecule has 4 N–H and O–H groups in total. The number of rotatable bonds is 4. The zero-order valence-electron chi connectivity index (χ0n) is 12.0. The zero-order valence-corrected chi connectivity index (χ0v) is 12.0. The molecule has 0 saturated heterocycles. The molecule has 3 atom stereocenters. The SMILES string of the molecule is Cc1ccccc1[C@H](O)CNC(=O)[C@@H]1CCC[C@H](N)C1. The summed E-state index contributed by atoms with van der Waals surface area (Å²) < 4.78 is 0. The lowest BCUT2D eigenvalue weighted by atomic mass is 9.85. The van der Waals surface area contributed by atoms with Gasteiger partial charge in [-0.05, 0) is 37.3 Å². The molecule has 1 aromatic carbocycles. The van der Waals surface area contributed by atoms with Gasteiger partial charge in [0.05, 0.1) is 6.10 Å². The predicted octanol–water partition coefficient (Wildman–Crippen LogP) is 1.66. The molecule has 0 aromatic heterocycles. The van der Waals surface area contributed by atoms with Gasteiger partial charge in [-0.15, -0.1) is 0 Å². The average molecular weight is 276 g/mol. The molecule has 20 heavy (non-hydrogen) atoms. The minimum atomic E-state index is -0.655. The molecule has 1 saturated carbocycles. The number of benzene rings is 1. The second-order valence-corrected chi connectivity index (χ2v) is 5.74. The van der Waals surface area contributed by atoms with Gasteiger partial charge in [0.2, 0.25) is 5.91 Å². The Morgan fingerprint density at radius 3 is 2.90 bits per heavy atom. The number of hydrogen-bond acceptors (Lipinski definition) is 3. The quantitative estimate of drug-likeness (QED) is 0.783. The van der Waals surface area contributed by atoms with Gasteiger partial charge < -0.3 is 16.2 Å². The molecule has 0 aliphatic heterocycles. The van der Waals surface area contributed by atoms with E-state index in [-0.39, 0.29) is 24.4 Å². The number of carbonyl (C=O) groups excluding carboxylic acids is 1. The summed E-state index contributed by atoms with van der Waals surface area (Å²) in [7, 11) is 0. The predicted molar refractivity (Wildman–Crippen MR) is 79.1 cm³/mol. The molecule has 0 bridgehead atoms. The van der Waals surface area contributed by atoms with Crippen LogP contribution in [0.15, 0.2) is 24.3 Å². The van der Waals surface area contributed by atoms with Crippen LogP contribution in [0, 0.1) is 12.8 Å². The number of aliphatic hydroxyl groups excluding tert-OH is 1. The summed E-state index contributed by atoms with van der Waals surface area (Å²) in [5.41, 5.74) is 7.81. The van der Waals surface area contributed by atoms with E-state index in [1.165, 1.54) is 0 Å². The average Bonchev–Trinajstić information content (AvgIpc) is 2.45. The van der Waals surface area contributed by atoms with Crippen LogP contribution in [0.1, 0.15) is 42.9 Å². The molecule has 0 radical (unpaired) electrons. The van der Waals surface area contributed by atoms with Crippen LogP contribution in [-0.2, 0) is 4.79 Å². The highest BCUT2D eigenvalue weighted by atomic mass is 16.3. The Balaban J connectivity index is 1.85. The summed E-state index contributed by atoms with van der Waals surface area (Å²) in [6.45, 7) is 2.22. The zero-order chi connectivity index (χ0) is 14.5. The van der Waals surface area contributed by atoms with Crippen molar-refractivity contribution in [1.29, 1.82) is 0 Å². The van der Waals surface area contributed by atoms with Crippen LogP contribution in [0.2, 0.25) is 0 Å². The number of carbonyl (C=O) groups is 1. The van der Waals surface area contributed by atoms with Crippen LogP contribution in [0.3, 0.4) is 0 Å². The molecule has 0 spiro atoms. The van der Waals surface area contributed by atoms with Gasteiger partial charge in [0, 0.05) is 18.5 Å². The second kappa shape index (κ2) is 6.86. The van der Waals surface area contributed by atoms with Crippen molar-refractivity contribution < 1.29 is 9.90 Å². The standard InChI is InChI=1S/C16H24N2O2/c1-11-5-2-3-8-14(11)15(19)10-18-16(20)12-6-4-7-13(17)9-12/h2-3,5,8,12-13,15,19H,4,6-7,9-10,17H2,1H3,(H,18,20)/t12-,13+,15-/m1/s1. The van der Waals surface area contributed by atoms with E-state index < -0.39 is 6.10 Å². The second-order valence-electron chi connectivity index (χ2n) is 5.74. The van der Waals surface area contributed by atoms with E-state index in [4.69, 9.17) is 5.73 Å². The Labute approximate surface area is 120 Å². The van der Waals surface area contributed by atoms with Gasteiger partial charge in [0.1, 0.15) is 0 Å². The molecule has 1 amide bonds. The van der Waals surface area contributed by atoms with Gasteiger partial charge in [-0.25, -0.2) is 0 Å². The third-order valence-corrected chi connectivity index (χ3v) is 4.10. The molecule has 1 fully saturated rings. The van der Waals surface area contributed by atoms with E-state index in [9.17, 15) is 9.90 Å². The molecule has 1 aliphatic carbocycles. The van der Waals surface area contributed by atoms with Crippen molar-refractivity contribution in [3.63, 3.8) is 0 Å². The van der Waals surface area contributed by atoms with Crippen LogP contribution < -0.4 is 11.1 Å². The summed E-state index contributed by atoms with van der Waals surface area (Å²) >= 11 is 0. The van der Waals surface area contributed by atoms with Crippen LogP contribution >= 0.6 is 0 Å². The fourth-order valence-electron chi connectivity index (χ4n) is 2.88. The first kappa shape index (κ1) is 15.0. The topological polar surface area (TPSA) is 75.3 Å². The van der Waals surface area contributed by atoms with E-state index in [0.717, 1.165) is 36.8 Å². The Morgan fingerprint density at radius 2 is 2.20 bits per heavy atom. The van der Waals surface area contributed by atoms with Crippen molar-refractivity contribution in [3.05, 3.63) is 35.4 Å². The highest BCUT2D eigenvalue weighted by Gasteiger charge is 2.25. The summed E-state index contributed by atoms with van der Waals surface area (Å²) in [6, 6.07) is 7.82. The molecule has 0 heterocycles. The third kappa shape index (κ3) is 3.81. The minimum absolute atomic E-state index is 0.00261. The molecular weight excluding hydrogens is 252 g/mol. The molecule has 4 nitrogen and oxygen atoms in total. The Bertz CT molecular complexity index is 462. The fourth-order valence-corrected chi connectivity index (χ4v) is 2.88. The fraction of sp³-hybridized carbons (Fsp3) is 0.562. The van der Waals surface area contributed by atoms with Gasteiger partial charge in [0.25, 0.3) is 0 Å². The van der Waals surface area contributed by atoms with E-state index >= 15 is 0 Å². The lowest BCUT2D eigenvalue weighted by molar-refractivity contribution is -0.126. The number of aryl methyl sites for hydroxylation is 1. The minimum Gasteiger partial charge on any atom is -0.387 e. The highest BCUT2D eigenvalue weighted by Crippen LogP contribution is 2.23. The van der Waals surface area contributed by atoms with Crippen LogP contribution in [0.25, 0.3) is 0 Å². The first-order valence-electron chi connectivity index (χ1n) is 7.35. The van der Waals surface area contributed by atoms with Gasteiger partial charge in [-0.1, -0.05) is 30.7 Å².